The Labute approximate surface area is 195 Å². The third-order valence-corrected chi connectivity index (χ3v) is 6.74. The first-order valence-corrected chi connectivity index (χ1v) is 12.0. The van der Waals surface area contributed by atoms with Crippen LogP contribution >= 0.6 is 0 Å². The van der Waals surface area contributed by atoms with E-state index in [1.807, 2.05) is 4.90 Å². The Morgan fingerprint density at radius 2 is 1.67 bits per heavy atom. The zero-order valence-electron chi connectivity index (χ0n) is 20.1. The van der Waals surface area contributed by atoms with Crippen LogP contribution in [0.15, 0.2) is 12.1 Å². The van der Waals surface area contributed by atoms with Crippen LogP contribution in [0.1, 0.15) is 75.6 Å². The Bertz CT molecular complexity index is 865. The number of benzene rings is 1. The van der Waals surface area contributed by atoms with Gasteiger partial charge in [0, 0.05) is 30.6 Å². The Kier molecular flexibility index (Phi) is 8.58. The molecule has 0 bridgehead atoms. The lowest BCUT2D eigenvalue weighted by Gasteiger charge is -2.36. The first-order chi connectivity index (χ1) is 15.9. The Morgan fingerprint density at radius 3 is 2.30 bits per heavy atom. The molecule has 0 spiro atoms. The minimum Gasteiger partial charge on any atom is -0.493 e. The summed E-state index contributed by atoms with van der Waals surface area (Å²) in [5, 5.41) is 2.87. The zero-order chi connectivity index (χ0) is 24.0. The number of ether oxygens (including phenoxy) is 3. The van der Waals surface area contributed by atoms with E-state index in [2.05, 4.69) is 12.2 Å². The number of nitrogens with one attached hydrogen (secondary N) is 1. The quantitative estimate of drug-likeness (QED) is 0.585. The number of anilines is 1. The number of carbonyl (C=O) groups excluding carboxylic acids is 3. The van der Waals surface area contributed by atoms with E-state index in [4.69, 9.17) is 14.2 Å². The topological polar surface area (TPSA) is 94.2 Å². The molecular weight excluding hydrogens is 424 g/mol. The summed E-state index contributed by atoms with van der Waals surface area (Å²) in [6.45, 7) is 4.34. The molecule has 2 amide bonds. The molecular formula is C25H36N2O6. The van der Waals surface area contributed by atoms with Gasteiger partial charge >= 0.3 is 5.97 Å². The van der Waals surface area contributed by atoms with E-state index in [1.54, 1.807) is 13.0 Å². The maximum Gasteiger partial charge on any atom is 0.341 e. The molecule has 2 aliphatic rings. The van der Waals surface area contributed by atoms with Gasteiger partial charge in [-0.3, -0.25) is 9.59 Å². The molecule has 2 unspecified atom stereocenters. The molecule has 1 N–H and O–H groups in total. The highest BCUT2D eigenvalue weighted by molar-refractivity contribution is 6.03. The molecule has 8 heteroatoms. The largest absolute Gasteiger partial charge is 0.493 e. The van der Waals surface area contributed by atoms with Crippen LogP contribution in [-0.4, -0.2) is 55.6 Å². The highest BCUT2D eigenvalue weighted by Crippen LogP contribution is 2.35. The summed E-state index contributed by atoms with van der Waals surface area (Å²) in [7, 11) is 2.96. The molecule has 0 aromatic heterocycles. The van der Waals surface area contributed by atoms with E-state index in [0.29, 0.717) is 23.7 Å². The Balaban J connectivity index is 1.80. The second-order valence-corrected chi connectivity index (χ2v) is 8.86. The molecule has 0 radical (unpaired) electrons. The number of esters is 1. The van der Waals surface area contributed by atoms with Crippen LogP contribution in [0.5, 0.6) is 11.5 Å². The van der Waals surface area contributed by atoms with Crippen molar-refractivity contribution < 1.29 is 28.6 Å². The fraction of sp³-hybridized carbons (Fsp3) is 0.640. The lowest BCUT2D eigenvalue weighted by atomic mass is 9.99. The third-order valence-electron chi connectivity index (χ3n) is 6.74. The monoisotopic (exact) mass is 460 g/mol. The van der Waals surface area contributed by atoms with Gasteiger partial charge in [-0.2, -0.15) is 0 Å². The molecule has 3 rings (SSSR count). The number of hydrogen-bond acceptors (Lipinski definition) is 6. The van der Waals surface area contributed by atoms with E-state index >= 15 is 0 Å². The number of methoxy groups -OCH3 is 2. The third kappa shape index (κ3) is 5.78. The molecule has 1 saturated carbocycles. The number of hydrogen-bond donors (Lipinski definition) is 1. The predicted octanol–water partition coefficient (Wildman–Crippen LogP) is 4.17. The summed E-state index contributed by atoms with van der Waals surface area (Å²) in [6.07, 6.45) is 6.67. The van der Waals surface area contributed by atoms with E-state index in [0.717, 1.165) is 51.4 Å². The number of carbonyl (C=O) groups is 3. The van der Waals surface area contributed by atoms with Crippen LogP contribution in [0.25, 0.3) is 0 Å². The smallest absolute Gasteiger partial charge is 0.341 e. The van der Waals surface area contributed by atoms with Crippen LogP contribution in [0.4, 0.5) is 5.69 Å². The first-order valence-electron chi connectivity index (χ1n) is 12.0. The van der Waals surface area contributed by atoms with E-state index in [-0.39, 0.29) is 29.3 Å². The van der Waals surface area contributed by atoms with Crippen molar-refractivity contribution in [3.63, 3.8) is 0 Å². The standard InChI is InChI=1S/C25H36N2O6/c1-5-18-12-8-9-13-27(18)24(29)16(2)33-25(30)19-14-21(31-3)22(32-4)15-20(19)26-23(28)17-10-6-7-11-17/h14-18H,5-13H2,1-4H3,(H,26,28). The second-order valence-electron chi connectivity index (χ2n) is 8.86. The van der Waals surface area contributed by atoms with Crippen molar-refractivity contribution in [2.75, 3.05) is 26.1 Å². The van der Waals surface area contributed by atoms with Crippen molar-refractivity contribution in [3.8, 4) is 11.5 Å². The predicted molar refractivity (Wildman–Crippen MR) is 125 cm³/mol. The molecule has 1 aromatic carbocycles. The fourth-order valence-corrected chi connectivity index (χ4v) is 4.80. The fourth-order valence-electron chi connectivity index (χ4n) is 4.80. The summed E-state index contributed by atoms with van der Waals surface area (Å²) < 4.78 is 16.3. The summed E-state index contributed by atoms with van der Waals surface area (Å²) in [6, 6.07) is 3.22. The zero-order valence-corrected chi connectivity index (χ0v) is 20.1. The molecule has 8 nitrogen and oxygen atoms in total. The molecule has 2 fully saturated rings. The maximum absolute atomic E-state index is 13.1. The van der Waals surface area contributed by atoms with Crippen LogP contribution in [0, 0.1) is 5.92 Å². The summed E-state index contributed by atoms with van der Waals surface area (Å²) >= 11 is 0. The summed E-state index contributed by atoms with van der Waals surface area (Å²) in [5.41, 5.74) is 0.419. The average Bonchev–Trinajstić information content (AvgIpc) is 3.38. The molecule has 182 valence electrons. The molecule has 33 heavy (non-hydrogen) atoms. The average molecular weight is 461 g/mol. The second kappa shape index (κ2) is 11.4. The van der Waals surface area contributed by atoms with Crippen molar-refractivity contribution in [1.82, 2.24) is 4.90 Å². The van der Waals surface area contributed by atoms with Crippen molar-refractivity contribution >= 4 is 23.5 Å². The number of nitrogens with zero attached hydrogens (tertiary/aromatic N) is 1. The molecule has 2 atom stereocenters. The van der Waals surface area contributed by atoms with Crippen LogP contribution in [0.3, 0.4) is 0 Å². The molecule has 1 aliphatic heterocycles. The van der Waals surface area contributed by atoms with Crippen LogP contribution in [-0.2, 0) is 14.3 Å². The normalized spacial score (nSPS) is 19.6. The van der Waals surface area contributed by atoms with Gasteiger partial charge in [0.2, 0.25) is 5.91 Å². The number of amides is 2. The van der Waals surface area contributed by atoms with Gasteiger partial charge in [0.25, 0.3) is 5.91 Å². The minimum absolute atomic E-state index is 0.0763. The van der Waals surface area contributed by atoms with Gasteiger partial charge in [0.05, 0.1) is 25.5 Å². The molecule has 1 aromatic rings. The van der Waals surface area contributed by atoms with E-state index in [9.17, 15) is 14.4 Å². The van der Waals surface area contributed by atoms with Gasteiger partial charge in [-0.15, -0.1) is 0 Å². The first kappa shape index (κ1) is 24.9. The van der Waals surface area contributed by atoms with Crippen molar-refractivity contribution in [3.05, 3.63) is 17.7 Å². The van der Waals surface area contributed by atoms with Crippen LogP contribution < -0.4 is 14.8 Å². The minimum atomic E-state index is -0.934. The Hall–Kier alpha value is -2.77. The number of piperidine rings is 1. The molecule has 1 aliphatic carbocycles. The SMILES string of the molecule is CCC1CCCCN1C(=O)C(C)OC(=O)c1cc(OC)c(OC)cc1NC(=O)C1CCCC1. The summed E-state index contributed by atoms with van der Waals surface area (Å²) in [4.78, 5) is 40.8. The van der Waals surface area contributed by atoms with E-state index in [1.165, 1.54) is 20.3 Å². The highest BCUT2D eigenvalue weighted by atomic mass is 16.5. The van der Waals surface area contributed by atoms with E-state index < -0.39 is 12.1 Å². The van der Waals surface area contributed by atoms with Crippen molar-refractivity contribution in [1.29, 1.82) is 0 Å². The van der Waals surface area contributed by atoms with Crippen molar-refractivity contribution in [2.45, 2.75) is 77.4 Å². The van der Waals surface area contributed by atoms with Gasteiger partial charge in [0.15, 0.2) is 17.6 Å². The van der Waals surface area contributed by atoms with Crippen molar-refractivity contribution in [2.24, 2.45) is 5.92 Å². The number of likely N-dealkylation sites (tertiary alicyclic amines) is 1. The Morgan fingerprint density at radius 1 is 1.03 bits per heavy atom. The van der Waals surface area contributed by atoms with Gasteiger partial charge < -0.3 is 24.4 Å². The lowest BCUT2D eigenvalue weighted by molar-refractivity contribution is -0.143. The van der Waals surface area contributed by atoms with Gasteiger partial charge in [-0.05, 0) is 45.4 Å². The molecule has 1 heterocycles. The highest BCUT2D eigenvalue weighted by Gasteiger charge is 2.32. The summed E-state index contributed by atoms with van der Waals surface area (Å²) in [5.74, 6) is -0.358. The van der Waals surface area contributed by atoms with Gasteiger partial charge in [-0.25, -0.2) is 4.79 Å². The molecule has 1 saturated heterocycles. The number of rotatable bonds is 8. The van der Waals surface area contributed by atoms with Crippen LogP contribution in [0.2, 0.25) is 0 Å². The maximum atomic E-state index is 13.1. The van der Waals surface area contributed by atoms with Gasteiger partial charge in [0.1, 0.15) is 0 Å². The lowest BCUT2D eigenvalue weighted by Crippen LogP contribution is -2.48. The van der Waals surface area contributed by atoms with Gasteiger partial charge in [-0.1, -0.05) is 19.8 Å².